The molecule has 1 saturated heterocycles. The lowest BCUT2D eigenvalue weighted by molar-refractivity contribution is 0.637. The summed E-state index contributed by atoms with van der Waals surface area (Å²) in [7, 11) is 0. The highest BCUT2D eigenvalue weighted by atomic mass is 15.3. The van der Waals surface area contributed by atoms with Crippen molar-refractivity contribution in [2.24, 2.45) is 0 Å². The van der Waals surface area contributed by atoms with Crippen molar-refractivity contribution in [2.45, 2.75) is 27.7 Å². The Bertz CT molecular complexity index is 653. The molecule has 0 N–H and O–H groups in total. The Hall–Kier alpha value is -2.10. The van der Waals surface area contributed by atoms with E-state index in [0.717, 1.165) is 43.5 Å². The Balaban J connectivity index is 1.73. The molecule has 22 heavy (non-hydrogen) atoms. The highest BCUT2D eigenvalue weighted by Gasteiger charge is 2.20. The average Bonchev–Trinajstić information content (AvgIpc) is 2.49. The van der Waals surface area contributed by atoms with Crippen molar-refractivity contribution in [3.8, 4) is 0 Å². The predicted molar refractivity (Wildman–Crippen MR) is 91.8 cm³/mol. The van der Waals surface area contributed by atoms with Crippen LogP contribution in [0.4, 0.5) is 11.6 Å². The fourth-order valence-electron chi connectivity index (χ4n) is 3.06. The third kappa shape index (κ3) is 3.06. The second kappa shape index (κ2) is 5.95. The molecule has 1 aromatic heterocycles. The zero-order valence-corrected chi connectivity index (χ0v) is 13.9. The molecule has 0 aliphatic carbocycles. The highest BCUT2D eigenvalue weighted by molar-refractivity contribution is 5.56. The van der Waals surface area contributed by atoms with Crippen molar-refractivity contribution >= 4 is 11.6 Å². The van der Waals surface area contributed by atoms with Gasteiger partial charge in [-0.25, -0.2) is 9.97 Å². The molecule has 2 aromatic rings. The van der Waals surface area contributed by atoms with E-state index in [4.69, 9.17) is 0 Å². The summed E-state index contributed by atoms with van der Waals surface area (Å²) in [4.78, 5) is 13.9. The first kappa shape index (κ1) is 14.8. The third-order valence-electron chi connectivity index (χ3n) is 4.24. The largest absolute Gasteiger partial charge is 0.368 e. The molecule has 0 spiro atoms. The van der Waals surface area contributed by atoms with Crippen LogP contribution < -0.4 is 9.80 Å². The summed E-state index contributed by atoms with van der Waals surface area (Å²) in [6.07, 6.45) is 0. The summed E-state index contributed by atoms with van der Waals surface area (Å²) in [6.45, 7) is 12.4. The first-order valence-electron chi connectivity index (χ1n) is 7.92. The first-order chi connectivity index (χ1) is 10.5. The molecule has 1 aromatic carbocycles. The van der Waals surface area contributed by atoms with Crippen molar-refractivity contribution in [1.29, 1.82) is 0 Å². The SMILES string of the molecule is Cc1ccc(C)c(N2CCN(c3nc(C)cc(C)n3)CC2)c1. The highest BCUT2D eigenvalue weighted by Crippen LogP contribution is 2.23. The van der Waals surface area contributed by atoms with E-state index >= 15 is 0 Å². The van der Waals surface area contributed by atoms with Crippen molar-refractivity contribution in [2.75, 3.05) is 36.0 Å². The standard InChI is InChI=1S/C18H24N4/c1-13-5-6-14(2)17(11-13)21-7-9-22(10-8-21)18-19-15(3)12-16(4)20-18/h5-6,11-12H,7-10H2,1-4H3. The van der Waals surface area contributed by atoms with Crippen LogP contribution in [0.25, 0.3) is 0 Å². The molecule has 0 radical (unpaired) electrons. The molecule has 0 saturated carbocycles. The molecular formula is C18H24N4. The van der Waals surface area contributed by atoms with Gasteiger partial charge in [0, 0.05) is 43.3 Å². The van der Waals surface area contributed by atoms with E-state index in [0.29, 0.717) is 0 Å². The van der Waals surface area contributed by atoms with Gasteiger partial charge >= 0.3 is 0 Å². The van der Waals surface area contributed by atoms with Crippen LogP contribution >= 0.6 is 0 Å². The molecule has 0 amide bonds. The lowest BCUT2D eigenvalue weighted by atomic mass is 10.1. The van der Waals surface area contributed by atoms with E-state index in [1.807, 2.05) is 19.9 Å². The molecule has 2 heterocycles. The fraction of sp³-hybridized carbons (Fsp3) is 0.444. The van der Waals surface area contributed by atoms with Gasteiger partial charge in [0.05, 0.1) is 0 Å². The minimum Gasteiger partial charge on any atom is -0.368 e. The number of piperazine rings is 1. The molecule has 0 atom stereocenters. The van der Waals surface area contributed by atoms with E-state index in [9.17, 15) is 0 Å². The predicted octanol–water partition coefficient (Wildman–Crippen LogP) is 3.04. The normalized spacial score (nSPS) is 15.3. The molecule has 4 heteroatoms. The van der Waals surface area contributed by atoms with Gasteiger partial charge in [0.1, 0.15) is 0 Å². The monoisotopic (exact) mass is 296 g/mol. The summed E-state index contributed by atoms with van der Waals surface area (Å²) in [5, 5.41) is 0. The topological polar surface area (TPSA) is 32.3 Å². The van der Waals surface area contributed by atoms with Crippen molar-refractivity contribution in [3.05, 3.63) is 46.8 Å². The van der Waals surface area contributed by atoms with E-state index in [1.165, 1.54) is 16.8 Å². The van der Waals surface area contributed by atoms with Crippen LogP contribution in [0, 0.1) is 27.7 Å². The van der Waals surface area contributed by atoms with Crippen molar-refractivity contribution in [3.63, 3.8) is 0 Å². The molecule has 1 fully saturated rings. The van der Waals surface area contributed by atoms with Gasteiger partial charge in [0.15, 0.2) is 0 Å². The van der Waals surface area contributed by atoms with Gasteiger partial charge in [0.2, 0.25) is 5.95 Å². The average molecular weight is 296 g/mol. The van der Waals surface area contributed by atoms with Crippen molar-refractivity contribution < 1.29 is 0 Å². The van der Waals surface area contributed by atoms with E-state index in [2.05, 4.69) is 51.8 Å². The molecule has 1 aliphatic rings. The summed E-state index contributed by atoms with van der Waals surface area (Å²) in [5.74, 6) is 0.873. The zero-order chi connectivity index (χ0) is 15.7. The van der Waals surface area contributed by atoms with Gasteiger partial charge in [-0.2, -0.15) is 0 Å². The van der Waals surface area contributed by atoms with Gasteiger partial charge < -0.3 is 9.80 Å². The van der Waals surface area contributed by atoms with Crippen LogP contribution in [-0.2, 0) is 0 Å². The Morgan fingerprint density at radius 1 is 0.773 bits per heavy atom. The number of aromatic nitrogens is 2. The quantitative estimate of drug-likeness (QED) is 0.852. The number of anilines is 2. The van der Waals surface area contributed by atoms with Crippen LogP contribution in [0.3, 0.4) is 0 Å². The van der Waals surface area contributed by atoms with Gasteiger partial charge in [-0.3, -0.25) is 0 Å². The van der Waals surface area contributed by atoms with E-state index in [-0.39, 0.29) is 0 Å². The molecule has 0 bridgehead atoms. The summed E-state index contributed by atoms with van der Waals surface area (Å²) >= 11 is 0. The minimum atomic E-state index is 0.873. The molecule has 4 nitrogen and oxygen atoms in total. The fourth-order valence-corrected chi connectivity index (χ4v) is 3.06. The van der Waals surface area contributed by atoms with Crippen LogP contribution in [0.1, 0.15) is 22.5 Å². The molecule has 116 valence electrons. The maximum absolute atomic E-state index is 4.58. The molecule has 1 aliphatic heterocycles. The minimum absolute atomic E-state index is 0.873. The first-order valence-corrected chi connectivity index (χ1v) is 7.92. The van der Waals surface area contributed by atoms with E-state index in [1.54, 1.807) is 0 Å². The molecular weight excluding hydrogens is 272 g/mol. The van der Waals surface area contributed by atoms with Crippen LogP contribution in [0.5, 0.6) is 0 Å². The van der Waals surface area contributed by atoms with Crippen LogP contribution in [-0.4, -0.2) is 36.1 Å². The number of nitrogens with zero attached hydrogens (tertiary/aromatic N) is 4. The Morgan fingerprint density at radius 2 is 1.36 bits per heavy atom. The number of hydrogen-bond acceptors (Lipinski definition) is 4. The lowest BCUT2D eigenvalue weighted by Crippen LogP contribution is -2.47. The smallest absolute Gasteiger partial charge is 0.225 e. The van der Waals surface area contributed by atoms with Crippen LogP contribution in [0.15, 0.2) is 24.3 Å². The summed E-state index contributed by atoms with van der Waals surface area (Å²) in [5.41, 5.74) is 6.11. The molecule has 0 unspecified atom stereocenters. The third-order valence-corrected chi connectivity index (χ3v) is 4.24. The van der Waals surface area contributed by atoms with Gasteiger partial charge in [-0.15, -0.1) is 0 Å². The number of aryl methyl sites for hydroxylation is 4. The summed E-state index contributed by atoms with van der Waals surface area (Å²) in [6, 6.07) is 8.71. The van der Waals surface area contributed by atoms with Gasteiger partial charge in [-0.05, 0) is 51.0 Å². The Labute approximate surface area is 132 Å². The number of benzene rings is 1. The summed E-state index contributed by atoms with van der Waals surface area (Å²) < 4.78 is 0. The maximum Gasteiger partial charge on any atom is 0.225 e. The zero-order valence-electron chi connectivity index (χ0n) is 13.9. The molecule has 3 rings (SSSR count). The maximum atomic E-state index is 4.58. The lowest BCUT2D eigenvalue weighted by Gasteiger charge is -2.37. The second-order valence-electron chi connectivity index (χ2n) is 6.21. The Morgan fingerprint density at radius 3 is 2.00 bits per heavy atom. The Kier molecular flexibility index (Phi) is 4.01. The van der Waals surface area contributed by atoms with Gasteiger partial charge in [-0.1, -0.05) is 12.1 Å². The second-order valence-corrected chi connectivity index (χ2v) is 6.21. The van der Waals surface area contributed by atoms with E-state index < -0.39 is 0 Å². The van der Waals surface area contributed by atoms with Crippen molar-refractivity contribution in [1.82, 2.24) is 9.97 Å². The van der Waals surface area contributed by atoms with Gasteiger partial charge in [0.25, 0.3) is 0 Å². The number of rotatable bonds is 2. The van der Waals surface area contributed by atoms with Crippen LogP contribution in [0.2, 0.25) is 0 Å². The number of hydrogen-bond donors (Lipinski definition) is 0.